The number of nitrogens with one attached hydrogen (secondary N) is 1. The molecule has 8 nitrogen and oxygen atoms in total. The first-order valence-electron chi connectivity index (χ1n) is 11.4. The van der Waals surface area contributed by atoms with Gasteiger partial charge in [0.15, 0.2) is 0 Å². The molecule has 0 aromatic heterocycles. The summed E-state index contributed by atoms with van der Waals surface area (Å²) in [5.41, 5.74) is 5.55. The van der Waals surface area contributed by atoms with Crippen LogP contribution in [0.4, 0.5) is 4.79 Å². The van der Waals surface area contributed by atoms with Crippen LogP contribution in [0, 0.1) is 0 Å². The SMILES string of the molecule is C=C(ON/C(=C\C)OCc1ccc(C=C2CCN(C(=O)OC(C)(C)C)CC2)cc1)C(=O)N(C)C. The molecule has 1 fully saturated rings. The van der Waals surface area contributed by atoms with E-state index in [4.69, 9.17) is 14.3 Å². The van der Waals surface area contributed by atoms with Crippen LogP contribution in [-0.2, 0) is 25.7 Å². The van der Waals surface area contributed by atoms with Gasteiger partial charge in [-0.05, 0) is 64.3 Å². The lowest BCUT2D eigenvalue weighted by molar-refractivity contribution is -0.129. The lowest BCUT2D eigenvalue weighted by Crippen LogP contribution is -2.40. The van der Waals surface area contributed by atoms with Gasteiger partial charge in [0.2, 0.25) is 11.6 Å². The number of rotatable bonds is 8. The topological polar surface area (TPSA) is 80.3 Å². The molecule has 1 aliphatic heterocycles. The van der Waals surface area contributed by atoms with Crippen molar-refractivity contribution in [1.82, 2.24) is 15.3 Å². The zero-order valence-corrected chi connectivity index (χ0v) is 21.1. The summed E-state index contributed by atoms with van der Waals surface area (Å²) in [7, 11) is 3.24. The Morgan fingerprint density at radius 1 is 1.15 bits per heavy atom. The first-order chi connectivity index (χ1) is 16.0. The fourth-order valence-electron chi connectivity index (χ4n) is 3.13. The second-order valence-electron chi connectivity index (χ2n) is 9.28. The fourth-order valence-corrected chi connectivity index (χ4v) is 3.13. The molecule has 1 aromatic rings. The first kappa shape index (κ1) is 26.8. The average Bonchev–Trinajstić information content (AvgIpc) is 2.78. The summed E-state index contributed by atoms with van der Waals surface area (Å²) < 4.78 is 11.2. The van der Waals surface area contributed by atoms with E-state index in [0.717, 1.165) is 24.0 Å². The number of carbonyl (C=O) groups excluding carboxylic acids is 2. The van der Waals surface area contributed by atoms with Gasteiger partial charge < -0.3 is 24.1 Å². The summed E-state index contributed by atoms with van der Waals surface area (Å²) in [6.45, 7) is 12.7. The van der Waals surface area contributed by atoms with E-state index in [9.17, 15) is 9.59 Å². The minimum atomic E-state index is -0.477. The molecule has 1 saturated heterocycles. The van der Waals surface area contributed by atoms with Crippen molar-refractivity contribution in [3.8, 4) is 0 Å². The Morgan fingerprint density at radius 2 is 1.76 bits per heavy atom. The molecular weight excluding hydrogens is 434 g/mol. The highest BCUT2D eigenvalue weighted by molar-refractivity contribution is 5.90. The highest BCUT2D eigenvalue weighted by atomic mass is 16.7. The van der Waals surface area contributed by atoms with Gasteiger partial charge in [0.1, 0.15) is 12.2 Å². The molecule has 2 rings (SSSR count). The molecule has 1 aliphatic rings. The number of benzene rings is 1. The maximum absolute atomic E-state index is 12.2. The average molecular weight is 472 g/mol. The Labute approximate surface area is 202 Å². The van der Waals surface area contributed by atoms with E-state index in [1.54, 1.807) is 32.0 Å². The summed E-state index contributed by atoms with van der Waals surface area (Å²) in [6, 6.07) is 8.10. The van der Waals surface area contributed by atoms with E-state index in [2.05, 4.69) is 18.1 Å². The highest BCUT2D eigenvalue weighted by Crippen LogP contribution is 2.22. The number of nitrogens with zero attached hydrogens (tertiary/aromatic N) is 2. The minimum absolute atomic E-state index is 0.0257. The third kappa shape index (κ3) is 8.84. The van der Waals surface area contributed by atoms with E-state index in [1.807, 2.05) is 45.0 Å². The molecule has 1 aromatic carbocycles. The van der Waals surface area contributed by atoms with E-state index in [-0.39, 0.29) is 17.8 Å². The van der Waals surface area contributed by atoms with Crippen molar-refractivity contribution in [2.24, 2.45) is 0 Å². The van der Waals surface area contributed by atoms with E-state index < -0.39 is 5.60 Å². The molecule has 1 heterocycles. The predicted octanol–water partition coefficient (Wildman–Crippen LogP) is 4.60. The minimum Gasteiger partial charge on any atom is -0.473 e. The van der Waals surface area contributed by atoms with Crippen molar-refractivity contribution in [2.75, 3.05) is 27.2 Å². The van der Waals surface area contributed by atoms with Crippen LogP contribution in [0.1, 0.15) is 51.7 Å². The van der Waals surface area contributed by atoms with Crippen molar-refractivity contribution in [3.63, 3.8) is 0 Å². The Balaban J connectivity index is 1.82. The molecule has 186 valence electrons. The Bertz CT molecular complexity index is 917. The van der Waals surface area contributed by atoms with E-state index in [1.165, 1.54) is 10.5 Å². The van der Waals surface area contributed by atoms with Crippen molar-refractivity contribution in [3.05, 3.63) is 65.3 Å². The third-order valence-corrected chi connectivity index (χ3v) is 4.98. The molecule has 8 heteroatoms. The summed E-state index contributed by atoms with van der Waals surface area (Å²) in [5, 5.41) is 0. The lowest BCUT2D eigenvalue weighted by atomic mass is 10.0. The number of hydroxylamine groups is 1. The zero-order valence-electron chi connectivity index (χ0n) is 21.1. The van der Waals surface area contributed by atoms with E-state index >= 15 is 0 Å². The summed E-state index contributed by atoms with van der Waals surface area (Å²) in [5.74, 6) is 0.0288. The van der Waals surface area contributed by atoms with Crippen LogP contribution < -0.4 is 5.48 Å². The van der Waals surface area contributed by atoms with Crippen molar-refractivity contribution in [1.29, 1.82) is 0 Å². The van der Waals surface area contributed by atoms with E-state index in [0.29, 0.717) is 25.6 Å². The van der Waals surface area contributed by atoms with Gasteiger partial charge in [0.05, 0.1) is 0 Å². The molecule has 2 amide bonds. The fraction of sp³-hybridized carbons (Fsp3) is 0.462. The van der Waals surface area contributed by atoms with Crippen molar-refractivity contribution in [2.45, 2.75) is 52.7 Å². The molecular formula is C26H37N3O5. The van der Waals surface area contributed by atoms with Gasteiger partial charge in [0, 0.05) is 27.2 Å². The largest absolute Gasteiger partial charge is 0.473 e. The molecule has 0 aliphatic carbocycles. The number of hydrogen-bond donors (Lipinski definition) is 1. The summed E-state index contributed by atoms with van der Waals surface area (Å²) in [6.07, 6.45) is 5.31. The molecule has 34 heavy (non-hydrogen) atoms. The Kier molecular flexibility index (Phi) is 9.59. The third-order valence-electron chi connectivity index (χ3n) is 4.98. The molecule has 0 atom stereocenters. The zero-order chi connectivity index (χ0) is 25.3. The van der Waals surface area contributed by atoms with Gasteiger partial charge in [-0.25, -0.2) is 4.79 Å². The van der Waals surface area contributed by atoms with Gasteiger partial charge in [0.25, 0.3) is 5.91 Å². The first-order valence-corrected chi connectivity index (χ1v) is 11.4. The number of piperidine rings is 1. The molecule has 0 radical (unpaired) electrons. The smallest absolute Gasteiger partial charge is 0.410 e. The lowest BCUT2D eigenvalue weighted by Gasteiger charge is -2.31. The molecule has 0 saturated carbocycles. The number of allylic oxidation sites excluding steroid dienone is 1. The van der Waals surface area contributed by atoms with Crippen LogP contribution in [0.15, 0.2) is 54.1 Å². The summed E-state index contributed by atoms with van der Waals surface area (Å²) in [4.78, 5) is 32.3. The van der Waals surface area contributed by atoms with Crippen LogP contribution in [0.3, 0.4) is 0 Å². The van der Waals surface area contributed by atoms with Gasteiger partial charge in [-0.2, -0.15) is 5.48 Å². The van der Waals surface area contributed by atoms with Crippen LogP contribution >= 0.6 is 0 Å². The molecule has 0 spiro atoms. The maximum Gasteiger partial charge on any atom is 0.410 e. The number of ether oxygens (including phenoxy) is 2. The highest BCUT2D eigenvalue weighted by Gasteiger charge is 2.24. The second kappa shape index (κ2) is 12.2. The van der Waals surface area contributed by atoms with Crippen molar-refractivity contribution >= 4 is 18.1 Å². The number of likely N-dealkylation sites (tertiary alicyclic amines) is 1. The van der Waals surface area contributed by atoms with Gasteiger partial charge in [-0.1, -0.05) is 35.9 Å². The molecule has 0 unspecified atom stereocenters. The van der Waals surface area contributed by atoms with Crippen LogP contribution in [0.2, 0.25) is 0 Å². The monoisotopic (exact) mass is 471 g/mol. The Morgan fingerprint density at radius 3 is 2.29 bits per heavy atom. The number of hydrogen-bond acceptors (Lipinski definition) is 6. The number of likely N-dealkylation sites (N-methyl/N-ethyl adjacent to an activating group) is 1. The molecule has 1 N–H and O–H groups in total. The summed E-state index contributed by atoms with van der Waals surface area (Å²) >= 11 is 0. The maximum atomic E-state index is 12.2. The van der Waals surface area contributed by atoms with Gasteiger partial charge in [-0.3, -0.25) is 4.79 Å². The van der Waals surface area contributed by atoms with Crippen LogP contribution in [0.25, 0.3) is 6.08 Å². The van der Waals surface area contributed by atoms with Crippen LogP contribution in [0.5, 0.6) is 0 Å². The van der Waals surface area contributed by atoms with Gasteiger partial charge >= 0.3 is 6.09 Å². The normalized spacial score (nSPS) is 14.2. The molecule has 0 bridgehead atoms. The standard InChI is InChI=1S/C26H37N3O5/c1-8-23(27-34-19(2)24(30)28(6)7)32-18-22-11-9-20(10-12-22)17-21-13-15-29(16-14-21)25(31)33-26(3,4)5/h8-12,17,27H,2,13-16,18H2,1,3-7H3/b23-8+. The second-order valence-corrected chi connectivity index (χ2v) is 9.28. The van der Waals surface area contributed by atoms with Crippen molar-refractivity contribution < 1.29 is 23.9 Å². The quantitative estimate of drug-likeness (QED) is 0.339. The van der Waals surface area contributed by atoms with Crippen LogP contribution in [-0.4, -0.2) is 54.6 Å². The number of carbonyl (C=O) groups is 2. The van der Waals surface area contributed by atoms with Gasteiger partial charge in [-0.15, -0.1) is 0 Å². The predicted molar refractivity (Wildman–Crippen MR) is 132 cm³/mol. The number of amides is 2. The Hall–Kier alpha value is -3.42.